The number of nitrogens with zero attached hydrogens (tertiary/aromatic N) is 2. The van der Waals surface area contributed by atoms with E-state index in [1.807, 2.05) is 6.07 Å². The van der Waals surface area contributed by atoms with Crippen LogP contribution in [0.4, 0.5) is 0 Å². The summed E-state index contributed by atoms with van der Waals surface area (Å²) in [5.41, 5.74) is 1.17. The Morgan fingerprint density at radius 2 is 1.94 bits per heavy atom. The van der Waals surface area contributed by atoms with E-state index < -0.39 is 0 Å². The van der Waals surface area contributed by atoms with Gasteiger partial charge in [0.25, 0.3) is 0 Å². The summed E-state index contributed by atoms with van der Waals surface area (Å²) >= 11 is 0. The average Bonchev–Trinajstić information content (AvgIpc) is 2.80. The average molecular weight is 431 g/mol. The van der Waals surface area contributed by atoms with E-state index in [4.69, 9.17) is 14.5 Å². The number of likely N-dealkylation sites (N-methyl/N-ethyl adjacent to an activating group) is 1. The second kappa shape index (κ2) is 12.9. The summed E-state index contributed by atoms with van der Waals surface area (Å²) in [5, 5.41) is 7.03. The molecule has 0 amide bonds. The summed E-state index contributed by atoms with van der Waals surface area (Å²) < 4.78 is 11.5. The molecule has 1 heterocycles. The molecule has 2 N–H and O–H groups in total. The first-order valence-corrected chi connectivity index (χ1v) is 12.2. The fraction of sp³-hybridized carbons (Fsp3) is 0.720. The van der Waals surface area contributed by atoms with E-state index in [9.17, 15) is 0 Å². The van der Waals surface area contributed by atoms with E-state index in [1.54, 1.807) is 0 Å². The third kappa shape index (κ3) is 8.34. The third-order valence-corrected chi connectivity index (χ3v) is 6.55. The van der Waals surface area contributed by atoms with Gasteiger partial charge >= 0.3 is 0 Å². The van der Waals surface area contributed by atoms with Crippen LogP contribution in [0.2, 0.25) is 0 Å². The van der Waals surface area contributed by atoms with Gasteiger partial charge in [-0.3, -0.25) is 4.90 Å². The topological polar surface area (TPSA) is 58.1 Å². The smallest absolute Gasteiger partial charge is 0.191 e. The van der Waals surface area contributed by atoms with Gasteiger partial charge in [-0.2, -0.15) is 0 Å². The maximum atomic E-state index is 6.04. The van der Waals surface area contributed by atoms with Crippen molar-refractivity contribution in [3.05, 3.63) is 29.8 Å². The van der Waals surface area contributed by atoms with Gasteiger partial charge in [0.15, 0.2) is 5.96 Å². The first kappa shape index (κ1) is 23.9. The molecule has 1 aromatic carbocycles. The number of hydrogen-bond acceptors (Lipinski definition) is 4. The molecule has 0 atom stereocenters. The highest BCUT2D eigenvalue weighted by Gasteiger charge is 2.19. The molecule has 174 valence electrons. The molecule has 0 spiro atoms. The minimum absolute atomic E-state index is 0.538. The van der Waals surface area contributed by atoms with Crippen molar-refractivity contribution in [2.24, 2.45) is 10.9 Å². The van der Waals surface area contributed by atoms with Crippen molar-refractivity contribution in [3.8, 4) is 5.75 Å². The fourth-order valence-corrected chi connectivity index (χ4v) is 4.44. The largest absolute Gasteiger partial charge is 0.492 e. The molecule has 0 bridgehead atoms. The van der Waals surface area contributed by atoms with Crippen LogP contribution >= 0.6 is 0 Å². The molecule has 0 unspecified atom stereocenters. The molecule has 2 aliphatic rings. The summed E-state index contributed by atoms with van der Waals surface area (Å²) in [5.74, 6) is 2.70. The molecule has 3 rings (SSSR count). The minimum atomic E-state index is 0.538. The third-order valence-electron chi connectivity index (χ3n) is 6.55. The van der Waals surface area contributed by atoms with Gasteiger partial charge in [0.05, 0.1) is 6.54 Å². The molecule has 0 radical (unpaired) electrons. The van der Waals surface area contributed by atoms with Crippen molar-refractivity contribution in [1.29, 1.82) is 0 Å². The maximum absolute atomic E-state index is 6.04. The van der Waals surface area contributed by atoms with Gasteiger partial charge < -0.3 is 20.1 Å². The summed E-state index contributed by atoms with van der Waals surface area (Å²) in [6.07, 6.45) is 7.31. The van der Waals surface area contributed by atoms with Crippen LogP contribution in [0.3, 0.4) is 0 Å². The SMILES string of the molecule is CCNC(=NCc1cccc(OCCN(C)C2CCOCC2)c1)NC1CCC(C)CC1. The number of ether oxygens (including phenoxy) is 2. The van der Waals surface area contributed by atoms with E-state index in [0.717, 1.165) is 56.8 Å². The standard InChI is InChI=1S/C25H42N4O2/c1-4-26-25(28-22-10-8-20(2)9-11-22)27-19-21-6-5-7-24(18-21)31-17-14-29(3)23-12-15-30-16-13-23/h5-7,18,20,22-23H,4,8-17,19H2,1-3H3,(H2,26,27,28). The van der Waals surface area contributed by atoms with E-state index in [2.05, 4.69) is 54.6 Å². The first-order valence-electron chi connectivity index (χ1n) is 12.2. The Morgan fingerprint density at radius 1 is 1.16 bits per heavy atom. The van der Waals surface area contributed by atoms with Crippen molar-refractivity contribution >= 4 is 5.96 Å². The minimum Gasteiger partial charge on any atom is -0.492 e. The summed E-state index contributed by atoms with van der Waals surface area (Å²) in [6, 6.07) is 9.48. The zero-order chi connectivity index (χ0) is 21.9. The second-order valence-corrected chi connectivity index (χ2v) is 9.12. The Hall–Kier alpha value is -1.79. The molecule has 1 saturated carbocycles. The predicted molar refractivity (Wildman–Crippen MR) is 128 cm³/mol. The Kier molecular flexibility index (Phi) is 9.94. The summed E-state index contributed by atoms with van der Waals surface area (Å²) in [6.45, 7) is 9.38. The molecular formula is C25H42N4O2. The maximum Gasteiger partial charge on any atom is 0.191 e. The van der Waals surface area contributed by atoms with Crippen LogP contribution in [0.25, 0.3) is 0 Å². The van der Waals surface area contributed by atoms with E-state index in [1.165, 1.54) is 31.2 Å². The van der Waals surface area contributed by atoms with Gasteiger partial charge in [-0.15, -0.1) is 0 Å². The van der Waals surface area contributed by atoms with Gasteiger partial charge in [-0.1, -0.05) is 19.1 Å². The fourth-order valence-electron chi connectivity index (χ4n) is 4.44. The second-order valence-electron chi connectivity index (χ2n) is 9.12. The zero-order valence-electron chi connectivity index (χ0n) is 19.7. The first-order chi connectivity index (χ1) is 15.1. The number of hydrogen-bond donors (Lipinski definition) is 2. The van der Waals surface area contributed by atoms with Crippen LogP contribution in [0.15, 0.2) is 29.3 Å². The number of aliphatic imine (C=N–C) groups is 1. The van der Waals surface area contributed by atoms with Crippen molar-refractivity contribution in [3.63, 3.8) is 0 Å². The van der Waals surface area contributed by atoms with Crippen LogP contribution in [0.5, 0.6) is 5.75 Å². The van der Waals surface area contributed by atoms with Crippen molar-refractivity contribution < 1.29 is 9.47 Å². The van der Waals surface area contributed by atoms with Crippen LogP contribution in [-0.2, 0) is 11.3 Å². The predicted octanol–water partition coefficient (Wildman–Crippen LogP) is 3.81. The van der Waals surface area contributed by atoms with Crippen LogP contribution < -0.4 is 15.4 Å². The van der Waals surface area contributed by atoms with Crippen molar-refractivity contribution in [2.45, 2.75) is 71.0 Å². The highest BCUT2D eigenvalue weighted by atomic mass is 16.5. The van der Waals surface area contributed by atoms with Crippen LogP contribution in [-0.4, -0.2) is 62.9 Å². The molecule has 6 heteroatoms. The highest BCUT2D eigenvalue weighted by Crippen LogP contribution is 2.23. The van der Waals surface area contributed by atoms with E-state index in [-0.39, 0.29) is 0 Å². The summed E-state index contributed by atoms with van der Waals surface area (Å²) in [4.78, 5) is 7.23. The Bertz CT molecular complexity index is 667. The Balaban J connectivity index is 1.46. The molecule has 2 fully saturated rings. The number of guanidine groups is 1. The molecule has 1 aliphatic heterocycles. The monoisotopic (exact) mass is 430 g/mol. The summed E-state index contributed by atoms with van der Waals surface area (Å²) in [7, 11) is 2.19. The van der Waals surface area contributed by atoms with Gasteiger partial charge in [0.2, 0.25) is 0 Å². The lowest BCUT2D eigenvalue weighted by Crippen LogP contribution is -2.44. The molecule has 1 saturated heterocycles. The van der Waals surface area contributed by atoms with Gasteiger partial charge in [-0.25, -0.2) is 4.99 Å². The van der Waals surface area contributed by atoms with Gasteiger partial charge in [-0.05, 0) is 76.1 Å². The lowest BCUT2D eigenvalue weighted by molar-refractivity contribution is 0.0392. The number of nitrogens with one attached hydrogen (secondary N) is 2. The lowest BCUT2D eigenvalue weighted by Gasteiger charge is -2.31. The normalized spacial score (nSPS) is 23.0. The van der Waals surface area contributed by atoms with Crippen LogP contribution in [0, 0.1) is 5.92 Å². The van der Waals surface area contributed by atoms with Gasteiger partial charge in [0, 0.05) is 38.4 Å². The lowest BCUT2D eigenvalue weighted by atomic mass is 9.87. The zero-order valence-corrected chi connectivity index (χ0v) is 19.7. The van der Waals surface area contributed by atoms with Gasteiger partial charge in [0.1, 0.15) is 12.4 Å². The molecule has 1 aliphatic carbocycles. The molecular weight excluding hydrogens is 388 g/mol. The van der Waals surface area contributed by atoms with E-state index in [0.29, 0.717) is 25.2 Å². The molecule has 0 aromatic heterocycles. The quantitative estimate of drug-likeness (QED) is 0.461. The Morgan fingerprint density at radius 3 is 2.68 bits per heavy atom. The number of benzene rings is 1. The highest BCUT2D eigenvalue weighted by molar-refractivity contribution is 5.80. The number of rotatable bonds is 9. The van der Waals surface area contributed by atoms with Crippen LogP contribution in [0.1, 0.15) is 57.9 Å². The Labute approximate surface area is 188 Å². The van der Waals surface area contributed by atoms with E-state index >= 15 is 0 Å². The molecule has 31 heavy (non-hydrogen) atoms. The molecule has 6 nitrogen and oxygen atoms in total. The van der Waals surface area contributed by atoms with Crippen molar-refractivity contribution in [2.75, 3.05) is 40.0 Å². The van der Waals surface area contributed by atoms with Crippen molar-refractivity contribution in [1.82, 2.24) is 15.5 Å². The molecule has 1 aromatic rings.